The Kier molecular flexibility index (Phi) is 12.6. The summed E-state index contributed by atoms with van der Waals surface area (Å²) in [5, 5.41) is 0. The molecule has 0 saturated carbocycles. The third-order valence-electron chi connectivity index (χ3n) is 12.6. The summed E-state index contributed by atoms with van der Waals surface area (Å²) >= 11 is 7.54. The van der Waals surface area contributed by atoms with E-state index in [1.54, 1.807) is 0 Å². The Labute approximate surface area is 354 Å². The van der Waals surface area contributed by atoms with Crippen molar-refractivity contribution < 1.29 is 0 Å². The van der Waals surface area contributed by atoms with Gasteiger partial charge in [-0.3, -0.25) is 0 Å². The maximum atomic E-state index is 3.77. The first-order chi connectivity index (χ1) is 27.1. The number of aryl methyl sites for hydroxylation is 5. The predicted octanol–water partition coefficient (Wildman–Crippen LogP) is 16.9. The quantitative estimate of drug-likeness (QED) is 0.0956. The van der Waals surface area contributed by atoms with Crippen molar-refractivity contribution in [1.29, 1.82) is 0 Å². The molecule has 0 aromatic heterocycles. The Morgan fingerprint density at radius 1 is 0.500 bits per heavy atom. The third kappa shape index (κ3) is 7.78. The lowest BCUT2D eigenvalue weighted by Gasteiger charge is -2.35. The predicted molar refractivity (Wildman–Crippen MR) is 249 cm³/mol. The van der Waals surface area contributed by atoms with E-state index in [0.29, 0.717) is 5.92 Å². The molecular weight excluding hydrogens is 808 g/mol. The molecule has 0 amide bonds. The molecule has 0 spiro atoms. The SMILES string of the molecule is CCCCCCc1ccc(C2(c3ccc([C@H](C)CCCCC)cc3)c3cc(-c4c(C)cc(Br)cc4C)ccc3-c3ccc(-c4c(C)cc(Br)cc4C)cc32)cc1. The number of fused-ring (bicyclic) bond motifs is 3. The largest absolute Gasteiger partial charge is 0.0714 e. The van der Waals surface area contributed by atoms with Crippen LogP contribution in [0.1, 0.15) is 134 Å². The molecule has 7 rings (SSSR count). The van der Waals surface area contributed by atoms with E-state index in [1.807, 2.05) is 0 Å². The molecule has 0 radical (unpaired) electrons. The van der Waals surface area contributed by atoms with Gasteiger partial charge in [0.2, 0.25) is 0 Å². The van der Waals surface area contributed by atoms with Crippen LogP contribution >= 0.6 is 31.9 Å². The monoisotopic (exact) mass is 864 g/mol. The van der Waals surface area contributed by atoms with E-state index in [0.717, 1.165) is 15.4 Å². The van der Waals surface area contributed by atoms with Crippen LogP contribution < -0.4 is 0 Å². The molecular formula is C54H58Br2. The molecule has 0 heterocycles. The number of unbranched alkanes of at least 4 members (excludes halogenated alkanes) is 5. The summed E-state index contributed by atoms with van der Waals surface area (Å²) in [6, 6.07) is 43.2. The first-order valence-electron chi connectivity index (χ1n) is 21.1. The van der Waals surface area contributed by atoms with Gasteiger partial charge in [0.25, 0.3) is 0 Å². The standard InChI is InChI=1S/C54H58Br2/c1-8-10-12-14-16-40-17-23-44(24-18-40)54(45-25-19-41(20-26-45)35(3)15-13-11-9-2)50-33-42(52-36(4)29-46(55)30-37(52)5)21-27-48(50)49-28-22-43(34-51(49)54)53-38(6)31-47(56)32-39(53)7/h17-35H,8-16H2,1-7H3/t35-/m1/s1. The summed E-state index contributed by atoms with van der Waals surface area (Å²) in [5.41, 5.74) is 20.8. The van der Waals surface area contributed by atoms with E-state index in [-0.39, 0.29) is 0 Å². The van der Waals surface area contributed by atoms with Gasteiger partial charge in [-0.1, -0.05) is 164 Å². The van der Waals surface area contributed by atoms with Crippen LogP contribution in [0.2, 0.25) is 0 Å². The van der Waals surface area contributed by atoms with Crippen molar-refractivity contribution in [2.24, 2.45) is 0 Å². The number of hydrogen-bond donors (Lipinski definition) is 0. The van der Waals surface area contributed by atoms with Crippen LogP contribution in [0.25, 0.3) is 33.4 Å². The number of halogens is 2. The van der Waals surface area contributed by atoms with E-state index >= 15 is 0 Å². The highest BCUT2D eigenvalue weighted by Gasteiger charge is 2.46. The Bertz CT molecular complexity index is 2170. The first kappa shape index (κ1) is 40.5. The van der Waals surface area contributed by atoms with Crippen molar-refractivity contribution in [3.05, 3.63) is 174 Å². The van der Waals surface area contributed by atoms with Crippen molar-refractivity contribution in [3.8, 4) is 33.4 Å². The summed E-state index contributed by atoms with van der Waals surface area (Å²) in [7, 11) is 0. The van der Waals surface area contributed by atoms with Gasteiger partial charge >= 0.3 is 0 Å². The summed E-state index contributed by atoms with van der Waals surface area (Å²) < 4.78 is 2.26. The molecule has 0 nitrogen and oxygen atoms in total. The second-order valence-corrected chi connectivity index (χ2v) is 18.5. The zero-order valence-electron chi connectivity index (χ0n) is 34.6. The van der Waals surface area contributed by atoms with Crippen molar-refractivity contribution in [1.82, 2.24) is 0 Å². The minimum atomic E-state index is -0.504. The van der Waals surface area contributed by atoms with Crippen LogP contribution in [0.3, 0.4) is 0 Å². The van der Waals surface area contributed by atoms with Gasteiger partial charge in [-0.05, 0) is 178 Å². The smallest absolute Gasteiger partial charge is 0.0654 e. The minimum Gasteiger partial charge on any atom is -0.0654 e. The maximum absolute atomic E-state index is 3.77. The highest BCUT2D eigenvalue weighted by atomic mass is 79.9. The average Bonchev–Trinajstić information content (AvgIpc) is 3.46. The molecule has 0 bridgehead atoms. The Morgan fingerprint density at radius 3 is 1.41 bits per heavy atom. The normalized spacial score (nSPS) is 13.4. The number of benzene rings is 6. The second-order valence-electron chi connectivity index (χ2n) is 16.6. The van der Waals surface area contributed by atoms with E-state index < -0.39 is 5.41 Å². The van der Waals surface area contributed by atoms with Gasteiger partial charge in [-0.15, -0.1) is 0 Å². The lowest BCUT2D eigenvalue weighted by molar-refractivity contribution is 0.597. The lowest BCUT2D eigenvalue weighted by Crippen LogP contribution is -2.29. The van der Waals surface area contributed by atoms with Gasteiger partial charge < -0.3 is 0 Å². The zero-order chi connectivity index (χ0) is 39.6. The Hall–Kier alpha value is -3.72. The highest BCUT2D eigenvalue weighted by molar-refractivity contribution is 9.10. The van der Waals surface area contributed by atoms with Crippen molar-refractivity contribution in [3.63, 3.8) is 0 Å². The van der Waals surface area contributed by atoms with Crippen LogP contribution in [-0.2, 0) is 11.8 Å². The van der Waals surface area contributed by atoms with Crippen LogP contribution in [0.5, 0.6) is 0 Å². The molecule has 0 N–H and O–H groups in total. The van der Waals surface area contributed by atoms with Gasteiger partial charge in [-0.25, -0.2) is 0 Å². The summed E-state index contributed by atoms with van der Waals surface area (Å²) in [5.74, 6) is 0.534. The molecule has 1 aliphatic carbocycles. The molecule has 288 valence electrons. The van der Waals surface area contributed by atoms with Gasteiger partial charge in [-0.2, -0.15) is 0 Å². The van der Waals surface area contributed by atoms with E-state index in [1.165, 1.54) is 140 Å². The maximum Gasteiger partial charge on any atom is 0.0714 e. The topological polar surface area (TPSA) is 0 Å². The molecule has 1 atom stereocenters. The summed E-state index contributed by atoms with van der Waals surface area (Å²) in [4.78, 5) is 0. The summed E-state index contributed by atoms with van der Waals surface area (Å²) in [6.07, 6.45) is 11.3. The first-order valence-corrected chi connectivity index (χ1v) is 22.7. The van der Waals surface area contributed by atoms with Crippen molar-refractivity contribution >= 4 is 31.9 Å². The Balaban J connectivity index is 1.50. The number of rotatable bonds is 14. The van der Waals surface area contributed by atoms with Gasteiger partial charge in [0, 0.05) is 8.95 Å². The Morgan fingerprint density at radius 2 is 0.946 bits per heavy atom. The highest BCUT2D eigenvalue weighted by Crippen LogP contribution is 2.58. The molecule has 1 aliphatic rings. The van der Waals surface area contributed by atoms with Crippen LogP contribution in [0.4, 0.5) is 0 Å². The van der Waals surface area contributed by atoms with Gasteiger partial charge in [0.05, 0.1) is 5.41 Å². The van der Waals surface area contributed by atoms with Crippen molar-refractivity contribution in [2.75, 3.05) is 0 Å². The van der Waals surface area contributed by atoms with Crippen LogP contribution in [0.15, 0.2) is 118 Å². The molecule has 56 heavy (non-hydrogen) atoms. The molecule has 6 aromatic carbocycles. The zero-order valence-corrected chi connectivity index (χ0v) is 37.8. The average molecular weight is 867 g/mol. The van der Waals surface area contributed by atoms with Crippen LogP contribution in [-0.4, -0.2) is 0 Å². The third-order valence-corrected chi connectivity index (χ3v) is 13.5. The molecule has 0 fully saturated rings. The molecule has 0 saturated heterocycles. The van der Waals surface area contributed by atoms with Crippen LogP contribution in [0, 0.1) is 27.7 Å². The van der Waals surface area contributed by atoms with E-state index in [9.17, 15) is 0 Å². The van der Waals surface area contributed by atoms with Gasteiger partial charge in [0.1, 0.15) is 0 Å². The second kappa shape index (κ2) is 17.4. The summed E-state index contributed by atoms with van der Waals surface area (Å²) in [6.45, 7) is 16.0. The lowest BCUT2D eigenvalue weighted by atomic mass is 9.66. The molecule has 2 heteroatoms. The fourth-order valence-electron chi connectivity index (χ4n) is 9.76. The van der Waals surface area contributed by atoms with Crippen molar-refractivity contribution in [2.45, 2.75) is 118 Å². The fourth-order valence-corrected chi connectivity index (χ4v) is 11.1. The minimum absolute atomic E-state index is 0.504. The molecule has 0 unspecified atom stereocenters. The molecule has 0 aliphatic heterocycles. The van der Waals surface area contributed by atoms with E-state index in [4.69, 9.17) is 0 Å². The number of hydrogen-bond acceptors (Lipinski definition) is 0. The molecule has 6 aromatic rings. The van der Waals surface area contributed by atoms with Gasteiger partial charge in [0.15, 0.2) is 0 Å². The van der Waals surface area contributed by atoms with E-state index in [2.05, 4.69) is 190 Å². The fraction of sp³-hybridized carbons (Fsp3) is 0.333.